The highest BCUT2D eigenvalue weighted by Gasteiger charge is 2.34. The summed E-state index contributed by atoms with van der Waals surface area (Å²) in [5.41, 5.74) is 1.07. The average Bonchev–Trinajstić information content (AvgIpc) is 2.93. The second-order valence-corrected chi connectivity index (χ2v) is 5.86. The van der Waals surface area contributed by atoms with Crippen LogP contribution in [0, 0.1) is 11.8 Å². The summed E-state index contributed by atoms with van der Waals surface area (Å²) in [7, 11) is 0. The first-order valence-corrected chi connectivity index (χ1v) is 7.35. The van der Waals surface area contributed by atoms with Crippen molar-refractivity contribution < 1.29 is 19.4 Å². The zero-order chi connectivity index (χ0) is 14.8. The number of hydrogen-bond acceptors (Lipinski definition) is 3. The van der Waals surface area contributed by atoms with Gasteiger partial charge in [0.05, 0.1) is 5.92 Å². The van der Waals surface area contributed by atoms with E-state index in [9.17, 15) is 9.59 Å². The van der Waals surface area contributed by atoms with Crippen molar-refractivity contribution in [1.82, 2.24) is 4.90 Å². The average molecular weight is 289 g/mol. The molecule has 1 N–H and O–H groups in total. The van der Waals surface area contributed by atoms with E-state index in [1.807, 2.05) is 24.3 Å². The van der Waals surface area contributed by atoms with Gasteiger partial charge in [-0.25, -0.2) is 0 Å². The number of fused-ring (bicyclic) bond motifs is 1. The number of carboxylic acid groups (broad SMARTS) is 1. The summed E-state index contributed by atoms with van der Waals surface area (Å²) >= 11 is 0. The number of likely N-dealkylation sites (tertiary alicyclic amines) is 1. The van der Waals surface area contributed by atoms with E-state index in [2.05, 4.69) is 0 Å². The van der Waals surface area contributed by atoms with Crippen molar-refractivity contribution in [2.75, 3.05) is 19.7 Å². The van der Waals surface area contributed by atoms with Crippen LogP contribution in [0.2, 0.25) is 0 Å². The van der Waals surface area contributed by atoms with Crippen molar-refractivity contribution in [2.45, 2.75) is 19.3 Å². The van der Waals surface area contributed by atoms with Crippen molar-refractivity contribution in [3.63, 3.8) is 0 Å². The normalized spacial score (nSPS) is 24.3. The predicted octanol–water partition coefficient (Wildman–Crippen LogP) is 1.56. The van der Waals surface area contributed by atoms with E-state index >= 15 is 0 Å². The first-order valence-electron chi connectivity index (χ1n) is 7.35. The van der Waals surface area contributed by atoms with E-state index in [0.717, 1.165) is 17.7 Å². The van der Waals surface area contributed by atoms with Crippen LogP contribution in [0.5, 0.6) is 5.75 Å². The molecule has 2 unspecified atom stereocenters. The fourth-order valence-electron chi connectivity index (χ4n) is 3.19. The van der Waals surface area contributed by atoms with Gasteiger partial charge in [-0.3, -0.25) is 9.59 Å². The van der Waals surface area contributed by atoms with Crippen LogP contribution in [0.4, 0.5) is 0 Å². The van der Waals surface area contributed by atoms with Crippen molar-refractivity contribution in [2.24, 2.45) is 11.8 Å². The molecule has 0 spiro atoms. The Labute approximate surface area is 123 Å². The van der Waals surface area contributed by atoms with Crippen molar-refractivity contribution in [3.05, 3.63) is 29.8 Å². The number of hydrogen-bond donors (Lipinski definition) is 1. The van der Waals surface area contributed by atoms with Gasteiger partial charge < -0.3 is 14.7 Å². The molecular weight excluding hydrogens is 270 g/mol. The van der Waals surface area contributed by atoms with Gasteiger partial charge in [0.2, 0.25) is 5.91 Å². The molecule has 21 heavy (non-hydrogen) atoms. The summed E-state index contributed by atoms with van der Waals surface area (Å²) in [6, 6.07) is 7.80. The number of nitrogens with zero attached hydrogens (tertiary/aromatic N) is 1. The SMILES string of the molecule is O=C(O)CC1CCN(C(=O)C2COc3ccccc3C2)C1. The Morgan fingerprint density at radius 2 is 2.14 bits per heavy atom. The molecule has 0 aromatic heterocycles. The molecule has 112 valence electrons. The van der Waals surface area contributed by atoms with Gasteiger partial charge in [-0.1, -0.05) is 18.2 Å². The minimum absolute atomic E-state index is 0.0863. The van der Waals surface area contributed by atoms with Gasteiger partial charge in [-0.2, -0.15) is 0 Å². The lowest BCUT2D eigenvalue weighted by Gasteiger charge is -2.28. The summed E-state index contributed by atoms with van der Waals surface area (Å²) in [6.07, 6.45) is 1.63. The molecule has 5 heteroatoms. The number of rotatable bonds is 3. The van der Waals surface area contributed by atoms with Crippen LogP contribution in [0.3, 0.4) is 0 Å². The molecule has 1 saturated heterocycles. The first kappa shape index (κ1) is 13.9. The van der Waals surface area contributed by atoms with Crippen LogP contribution in [0.25, 0.3) is 0 Å². The minimum atomic E-state index is -0.788. The van der Waals surface area contributed by atoms with Gasteiger partial charge in [-0.15, -0.1) is 0 Å². The van der Waals surface area contributed by atoms with E-state index in [4.69, 9.17) is 9.84 Å². The Morgan fingerprint density at radius 1 is 1.33 bits per heavy atom. The summed E-state index contributed by atoms with van der Waals surface area (Å²) in [6.45, 7) is 1.63. The molecular formula is C16H19NO4. The second kappa shape index (κ2) is 5.76. The fraction of sp³-hybridized carbons (Fsp3) is 0.500. The van der Waals surface area contributed by atoms with Crippen LogP contribution in [0.1, 0.15) is 18.4 Å². The number of ether oxygens (including phenoxy) is 1. The quantitative estimate of drug-likeness (QED) is 0.917. The lowest BCUT2D eigenvalue weighted by atomic mass is 9.95. The zero-order valence-electron chi connectivity index (χ0n) is 11.8. The molecule has 1 fully saturated rings. The van der Waals surface area contributed by atoms with Gasteiger partial charge in [0, 0.05) is 19.5 Å². The highest BCUT2D eigenvalue weighted by atomic mass is 16.5. The van der Waals surface area contributed by atoms with Crippen molar-refractivity contribution >= 4 is 11.9 Å². The van der Waals surface area contributed by atoms with Gasteiger partial charge >= 0.3 is 5.97 Å². The lowest BCUT2D eigenvalue weighted by molar-refractivity contribution is -0.139. The van der Waals surface area contributed by atoms with E-state index in [-0.39, 0.29) is 24.2 Å². The van der Waals surface area contributed by atoms with Crippen LogP contribution in [0.15, 0.2) is 24.3 Å². The monoisotopic (exact) mass is 289 g/mol. The molecule has 1 amide bonds. The Bertz CT molecular complexity index is 557. The van der Waals surface area contributed by atoms with E-state index < -0.39 is 5.97 Å². The third-order valence-corrected chi connectivity index (χ3v) is 4.29. The maximum Gasteiger partial charge on any atom is 0.303 e. The van der Waals surface area contributed by atoms with Gasteiger partial charge in [0.25, 0.3) is 0 Å². The van der Waals surface area contributed by atoms with Gasteiger partial charge in [0.15, 0.2) is 0 Å². The molecule has 0 aliphatic carbocycles. The molecule has 2 heterocycles. The molecule has 5 nitrogen and oxygen atoms in total. The van der Waals surface area contributed by atoms with Crippen LogP contribution in [-0.2, 0) is 16.0 Å². The minimum Gasteiger partial charge on any atom is -0.492 e. The molecule has 3 rings (SSSR count). The smallest absolute Gasteiger partial charge is 0.303 e. The highest BCUT2D eigenvalue weighted by Crippen LogP contribution is 2.29. The van der Waals surface area contributed by atoms with E-state index in [1.54, 1.807) is 4.90 Å². The Balaban J connectivity index is 1.61. The third kappa shape index (κ3) is 3.01. The molecule has 0 radical (unpaired) electrons. The standard InChI is InChI=1S/C16H19NO4/c18-15(19)7-11-5-6-17(9-11)16(20)13-8-12-3-1-2-4-14(12)21-10-13/h1-4,11,13H,5-10H2,(H,18,19). The third-order valence-electron chi connectivity index (χ3n) is 4.29. The van der Waals surface area contributed by atoms with Gasteiger partial charge in [-0.05, 0) is 30.4 Å². The van der Waals surface area contributed by atoms with E-state index in [0.29, 0.717) is 26.1 Å². The van der Waals surface area contributed by atoms with Crippen LogP contribution >= 0.6 is 0 Å². The van der Waals surface area contributed by atoms with Crippen LogP contribution < -0.4 is 4.74 Å². The van der Waals surface area contributed by atoms with Crippen molar-refractivity contribution in [3.8, 4) is 5.75 Å². The topological polar surface area (TPSA) is 66.8 Å². The van der Waals surface area contributed by atoms with E-state index in [1.165, 1.54) is 0 Å². The fourth-order valence-corrected chi connectivity index (χ4v) is 3.19. The maximum absolute atomic E-state index is 12.5. The Hall–Kier alpha value is -2.04. The Morgan fingerprint density at radius 3 is 2.95 bits per heavy atom. The number of carbonyl (C=O) groups excluding carboxylic acids is 1. The molecule has 1 aromatic carbocycles. The highest BCUT2D eigenvalue weighted by molar-refractivity contribution is 5.80. The number of para-hydroxylation sites is 1. The lowest BCUT2D eigenvalue weighted by Crippen LogP contribution is -2.39. The number of aliphatic carboxylic acids is 1. The largest absolute Gasteiger partial charge is 0.492 e. The molecule has 2 aliphatic rings. The number of amides is 1. The number of carboxylic acids is 1. The molecule has 0 saturated carbocycles. The summed E-state index contributed by atoms with van der Waals surface area (Å²) in [5, 5.41) is 8.83. The van der Waals surface area contributed by atoms with Crippen LogP contribution in [-0.4, -0.2) is 41.6 Å². The predicted molar refractivity (Wildman–Crippen MR) is 76.1 cm³/mol. The summed E-state index contributed by atoms with van der Waals surface area (Å²) < 4.78 is 5.67. The Kier molecular flexibility index (Phi) is 3.82. The van der Waals surface area contributed by atoms with Gasteiger partial charge in [0.1, 0.15) is 12.4 Å². The number of benzene rings is 1. The molecule has 2 aliphatic heterocycles. The molecule has 2 atom stereocenters. The maximum atomic E-state index is 12.5. The molecule has 1 aromatic rings. The summed E-state index contributed by atoms with van der Waals surface area (Å²) in [4.78, 5) is 25.1. The number of carbonyl (C=O) groups is 2. The zero-order valence-corrected chi connectivity index (χ0v) is 11.8. The molecule has 0 bridgehead atoms. The summed E-state index contributed by atoms with van der Waals surface area (Å²) in [5.74, 6) is 0.111. The van der Waals surface area contributed by atoms with Crippen molar-refractivity contribution in [1.29, 1.82) is 0 Å². The second-order valence-electron chi connectivity index (χ2n) is 5.86. The first-order chi connectivity index (χ1) is 10.1.